The van der Waals surface area contributed by atoms with Crippen LogP contribution < -0.4 is 16.4 Å². The van der Waals surface area contributed by atoms with Crippen LogP contribution in [-0.4, -0.2) is 18.7 Å². The van der Waals surface area contributed by atoms with Crippen LogP contribution in [0.2, 0.25) is 0 Å². The zero-order valence-electron chi connectivity index (χ0n) is 3.77. The first-order valence-corrected chi connectivity index (χ1v) is 2.09. The largest absolute Gasteiger partial charge is 0.335 e. The molecule has 0 aromatic carbocycles. The molecule has 4 heteroatoms. The Balaban J connectivity index is 2.40. The van der Waals surface area contributed by atoms with Gasteiger partial charge in [0.1, 0.15) is 0 Å². The third kappa shape index (κ3) is 0.806. The van der Waals surface area contributed by atoms with Gasteiger partial charge in [0.05, 0.1) is 12.7 Å². The van der Waals surface area contributed by atoms with E-state index in [1.165, 1.54) is 0 Å². The molecule has 7 heavy (non-hydrogen) atoms. The quantitative estimate of drug-likeness (QED) is 0.350. The fourth-order valence-corrected chi connectivity index (χ4v) is 0.473. The number of amides is 2. The zero-order valence-corrected chi connectivity index (χ0v) is 3.77. The molecule has 0 bridgehead atoms. The minimum atomic E-state index is -0.188. The van der Waals surface area contributed by atoms with Gasteiger partial charge in [-0.1, -0.05) is 0 Å². The predicted molar refractivity (Wildman–Crippen MR) is 24.5 cm³/mol. The lowest BCUT2D eigenvalue weighted by Crippen LogP contribution is -2.34. The van der Waals surface area contributed by atoms with Crippen molar-refractivity contribution in [3.8, 4) is 0 Å². The molecular formula is C3H7N3O. The van der Waals surface area contributed by atoms with E-state index in [0.29, 0.717) is 6.54 Å². The van der Waals surface area contributed by atoms with E-state index in [0.717, 1.165) is 0 Å². The van der Waals surface area contributed by atoms with E-state index in [9.17, 15) is 4.79 Å². The van der Waals surface area contributed by atoms with Gasteiger partial charge < -0.3 is 16.4 Å². The second-order valence-corrected chi connectivity index (χ2v) is 1.46. The second kappa shape index (κ2) is 1.38. The molecule has 0 radical (unpaired) electrons. The average Bonchev–Trinajstić information content (AvgIpc) is 1.87. The minimum Gasteiger partial charge on any atom is -0.335 e. The topological polar surface area (TPSA) is 67.1 Å². The van der Waals surface area contributed by atoms with Gasteiger partial charge in [-0.25, -0.2) is 4.79 Å². The van der Waals surface area contributed by atoms with Crippen molar-refractivity contribution in [3.05, 3.63) is 0 Å². The number of carbonyl (C=O) groups excluding carboxylic acids is 1. The SMILES string of the molecule is NC1CNC(=O)N1. The van der Waals surface area contributed by atoms with E-state index < -0.39 is 0 Å². The molecule has 4 N–H and O–H groups in total. The van der Waals surface area contributed by atoms with Crippen molar-refractivity contribution in [3.63, 3.8) is 0 Å². The summed E-state index contributed by atoms with van der Waals surface area (Å²) in [6.07, 6.45) is -0.188. The summed E-state index contributed by atoms with van der Waals surface area (Å²) >= 11 is 0. The molecule has 0 spiro atoms. The van der Waals surface area contributed by atoms with E-state index in [2.05, 4.69) is 10.6 Å². The lowest BCUT2D eigenvalue weighted by atomic mass is 10.6. The van der Waals surface area contributed by atoms with E-state index in [4.69, 9.17) is 5.73 Å². The number of hydrogen-bond donors (Lipinski definition) is 3. The Morgan fingerprint density at radius 1 is 1.86 bits per heavy atom. The molecule has 2 amide bonds. The van der Waals surface area contributed by atoms with Gasteiger partial charge >= 0.3 is 6.03 Å². The lowest BCUT2D eigenvalue weighted by molar-refractivity contribution is 0.247. The fraction of sp³-hybridized carbons (Fsp3) is 0.667. The van der Waals surface area contributed by atoms with Crippen molar-refractivity contribution in [1.29, 1.82) is 0 Å². The molecule has 1 saturated heterocycles. The van der Waals surface area contributed by atoms with E-state index >= 15 is 0 Å². The van der Waals surface area contributed by atoms with Crippen LogP contribution in [0.3, 0.4) is 0 Å². The van der Waals surface area contributed by atoms with Gasteiger partial charge in [-0.15, -0.1) is 0 Å². The van der Waals surface area contributed by atoms with Gasteiger partial charge in [0, 0.05) is 0 Å². The Labute approximate surface area is 41.1 Å². The van der Waals surface area contributed by atoms with Crippen molar-refractivity contribution in [2.24, 2.45) is 5.73 Å². The molecule has 1 fully saturated rings. The number of carbonyl (C=O) groups is 1. The highest BCUT2D eigenvalue weighted by Gasteiger charge is 2.13. The van der Waals surface area contributed by atoms with Gasteiger partial charge in [0.15, 0.2) is 0 Å². The highest BCUT2D eigenvalue weighted by Crippen LogP contribution is 1.77. The Morgan fingerprint density at radius 3 is 2.71 bits per heavy atom. The smallest absolute Gasteiger partial charge is 0.316 e. The molecule has 1 aliphatic rings. The Morgan fingerprint density at radius 2 is 2.57 bits per heavy atom. The molecule has 1 atom stereocenters. The molecule has 0 aromatic rings. The molecule has 1 aliphatic heterocycles. The predicted octanol–water partition coefficient (Wildman–Crippen LogP) is -1.42. The summed E-state index contributed by atoms with van der Waals surface area (Å²) in [6.45, 7) is 0.541. The molecule has 1 unspecified atom stereocenters. The van der Waals surface area contributed by atoms with Gasteiger partial charge in [-0.3, -0.25) is 0 Å². The monoisotopic (exact) mass is 101 g/mol. The van der Waals surface area contributed by atoms with Crippen molar-refractivity contribution < 1.29 is 4.79 Å². The summed E-state index contributed by atoms with van der Waals surface area (Å²) in [7, 11) is 0. The molecule has 40 valence electrons. The van der Waals surface area contributed by atoms with Crippen molar-refractivity contribution in [1.82, 2.24) is 10.6 Å². The fourth-order valence-electron chi connectivity index (χ4n) is 0.473. The first-order chi connectivity index (χ1) is 3.29. The van der Waals surface area contributed by atoms with E-state index in [1.54, 1.807) is 0 Å². The summed E-state index contributed by atoms with van der Waals surface area (Å²) in [5.41, 5.74) is 5.23. The third-order valence-corrected chi connectivity index (χ3v) is 0.799. The normalized spacial score (nSPS) is 29.3. The van der Waals surface area contributed by atoms with Crippen LogP contribution in [0, 0.1) is 0 Å². The van der Waals surface area contributed by atoms with Crippen molar-refractivity contribution in [2.45, 2.75) is 6.17 Å². The minimum absolute atomic E-state index is 0.174. The number of urea groups is 1. The van der Waals surface area contributed by atoms with Crippen molar-refractivity contribution in [2.75, 3.05) is 6.54 Å². The maximum absolute atomic E-state index is 10.2. The molecular weight excluding hydrogens is 94.1 g/mol. The maximum atomic E-state index is 10.2. The van der Waals surface area contributed by atoms with Crippen LogP contribution >= 0.6 is 0 Å². The first-order valence-electron chi connectivity index (χ1n) is 2.09. The summed E-state index contributed by atoms with van der Waals surface area (Å²) < 4.78 is 0. The zero-order chi connectivity index (χ0) is 5.28. The van der Waals surface area contributed by atoms with Crippen LogP contribution in [0.5, 0.6) is 0 Å². The standard InChI is InChI=1S/C3H7N3O/c4-2-1-5-3(7)6-2/h2H,1,4H2,(H2,5,6,7). The first kappa shape index (κ1) is 4.39. The van der Waals surface area contributed by atoms with Crippen LogP contribution in [0.4, 0.5) is 4.79 Å². The Bertz CT molecular complexity index is 92.2. The Hall–Kier alpha value is -0.770. The van der Waals surface area contributed by atoms with Crippen LogP contribution in [0.25, 0.3) is 0 Å². The molecule has 1 rings (SSSR count). The molecule has 0 saturated carbocycles. The highest BCUT2D eigenvalue weighted by atomic mass is 16.2. The van der Waals surface area contributed by atoms with Gasteiger partial charge in [-0.05, 0) is 0 Å². The van der Waals surface area contributed by atoms with E-state index in [-0.39, 0.29) is 12.2 Å². The lowest BCUT2D eigenvalue weighted by Gasteiger charge is -1.93. The molecule has 4 nitrogen and oxygen atoms in total. The number of rotatable bonds is 0. The average molecular weight is 101 g/mol. The Kier molecular flexibility index (Phi) is 0.867. The van der Waals surface area contributed by atoms with E-state index in [1.807, 2.05) is 0 Å². The molecule has 0 aromatic heterocycles. The third-order valence-electron chi connectivity index (χ3n) is 0.799. The molecule has 0 aliphatic carbocycles. The van der Waals surface area contributed by atoms with Gasteiger partial charge in [0.2, 0.25) is 0 Å². The highest BCUT2D eigenvalue weighted by molar-refractivity contribution is 5.76. The molecule has 1 heterocycles. The van der Waals surface area contributed by atoms with Crippen LogP contribution in [-0.2, 0) is 0 Å². The summed E-state index contributed by atoms with van der Waals surface area (Å²) in [4.78, 5) is 10.2. The van der Waals surface area contributed by atoms with Crippen LogP contribution in [0.1, 0.15) is 0 Å². The number of nitrogens with one attached hydrogen (secondary N) is 2. The summed E-state index contributed by atoms with van der Waals surface area (Å²) in [5, 5.41) is 4.94. The summed E-state index contributed by atoms with van der Waals surface area (Å²) in [5.74, 6) is 0. The number of hydrogen-bond acceptors (Lipinski definition) is 2. The maximum Gasteiger partial charge on any atom is 0.316 e. The van der Waals surface area contributed by atoms with Gasteiger partial charge in [-0.2, -0.15) is 0 Å². The van der Waals surface area contributed by atoms with Crippen molar-refractivity contribution >= 4 is 6.03 Å². The number of nitrogens with two attached hydrogens (primary N) is 1. The van der Waals surface area contributed by atoms with Crippen LogP contribution in [0.15, 0.2) is 0 Å². The second-order valence-electron chi connectivity index (χ2n) is 1.46. The summed E-state index contributed by atoms with van der Waals surface area (Å²) in [6, 6.07) is -0.174. The van der Waals surface area contributed by atoms with Gasteiger partial charge in [0.25, 0.3) is 0 Å².